The summed E-state index contributed by atoms with van der Waals surface area (Å²) in [5.41, 5.74) is 5.77. The Morgan fingerprint density at radius 2 is 1.90 bits per heavy atom. The third-order valence-corrected chi connectivity index (χ3v) is 8.61. The second-order valence-electron chi connectivity index (χ2n) is 9.96. The molecule has 206 valence electrons. The lowest BCUT2D eigenvalue weighted by Crippen LogP contribution is -2.21. The maximum Gasteiger partial charge on any atom is 0.218 e. The van der Waals surface area contributed by atoms with Gasteiger partial charge in [0.1, 0.15) is 11.8 Å². The highest BCUT2D eigenvalue weighted by molar-refractivity contribution is 9.10. The number of halogens is 2. The highest BCUT2D eigenvalue weighted by Crippen LogP contribution is 2.44. The Morgan fingerprint density at radius 3 is 2.66 bits per heavy atom. The number of hydrogen-bond acceptors (Lipinski definition) is 5. The van der Waals surface area contributed by atoms with Crippen LogP contribution in [0.2, 0.25) is 5.02 Å². The molecule has 4 heterocycles. The average Bonchev–Trinajstić information content (AvgIpc) is 3.69. The average molecular weight is 648 g/mol. The van der Waals surface area contributed by atoms with Gasteiger partial charge in [0.05, 0.1) is 24.2 Å². The molecule has 1 aliphatic rings. The zero-order valence-corrected chi connectivity index (χ0v) is 24.8. The maximum absolute atomic E-state index is 11.6. The highest BCUT2D eigenvalue weighted by atomic mass is 79.9. The van der Waals surface area contributed by atoms with Gasteiger partial charge in [-0.1, -0.05) is 44.9 Å². The number of aromatic nitrogens is 6. The van der Waals surface area contributed by atoms with Crippen LogP contribution in [0.25, 0.3) is 16.6 Å². The predicted molar refractivity (Wildman–Crippen MR) is 164 cm³/mol. The van der Waals surface area contributed by atoms with Crippen molar-refractivity contribution < 1.29 is 9.84 Å². The van der Waals surface area contributed by atoms with Gasteiger partial charge in [-0.2, -0.15) is 0 Å². The van der Waals surface area contributed by atoms with Crippen molar-refractivity contribution in [2.75, 3.05) is 6.61 Å². The Bertz CT molecular complexity index is 1930. The fourth-order valence-electron chi connectivity index (χ4n) is 5.60. The Labute approximate surface area is 253 Å². The van der Waals surface area contributed by atoms with E-state index < -0.39 is 0 Å². The lowest BCUT2D eigenvalue weighted by Gasteiger charge is -2.27. The third-order valence-electron chi connectivity index (χ3n) is 7.49. The van der Waals surface area contributed by atoms with E-state index in [2.05, 4.69) is 60.1 Å². The van der Waals surface area contributed by atoms with Gasteiger partial charge in [0.15, 0.2) is 4.77 Å². The molecule has 3 aromatic carbocycles. The van der Waals surface area contributed by atoms with Crippen molar-refractivity contribution in [3.8, 4) is 17.3 Å². The molecule has 0 amide bonds. The van der Waals surface area contributed by atoms with Gasteiger partial charge in [0.25, 0.3) is 0 Å². The van der Waals surface area contributed by atoms with Crippen LogP contribution in [0, 0.1) is 4.77 Å². The summed E-state index contributed by atoms with van der Waals surface area (Å²) in [5, 5.41) is 21.1. The fraction of sp³-hybridized carbons (Fsp3) is 0.167. The van der Waals surface area contributed by atoms with Crippen LogP contribution < -0.4 is 4.74 Å². The van der Waals surface area contributed by atoms with Gasteiger partial charge in [-0.3, -0.25) is 9.25 Å². The van der Waals surface area contributed by atoms with Crippen LogP contribution in [0.4, 0.5) is 0 Å². The van der Waals surface area contributed by atoms with Crippen molar-refractivity contribution in [3.63, 3.8) is 0 Å². The number of H-pyrrole nitrogens is 1. The third kappa shape index (κ3) is 4.65. The summed E-state index contributed by atoms with van der Waals surface area (Å²) in [7, 11) is 0. The molecular formula is C30H24BrClN6O2S. The maximum atomic E-state index is 11.6. The van der Waals surface area contributed by atoms with E-state index in [0.29, 0.717) is 22.8 Å². The van der Waals surface area contributed by atoms with E-state index in [-0.39, 0.29) is 11.9 Å². The van der Waals surface area contributed by atoms with Gasteiger partial charge < -0.3 is 19.4 Å². The van der Waals surface area contributed by atoms with E-state index in [1.807, 2.05) is 36.5 Å². The number of aromatic amines is 1. The Kier molecular flexibility index (Phi) is 6.69. The zero-order chi connectivity index (χ0) is 28.1. The van der Waals surface area contributed by atoms with Crippen LogP contribution in [0.5, 0.6) is 11.6 Å². The van der Waals surface area contributed by atoms with Crippen molar-refractivity contribution in [1.82, 2.24) is 29.1 Å². The quantitative estimate of drug-likeness (QED) is 0.141. The number of rotatable bonds is 7. The lowest BCUT2D eigenvalue weighted by molar-refractivity contribution is 0.298. The van der Waals surface area contributed by atoms with E-state index in [1.165, 1.54) is 0 Å². The molecule has 2 N–H and O–H groups in total. The normalized spacial score (nSPS) is 14.2. The molecule has 6 aromatic rings. The number of aryl methyl sites for hydroxylation is 1. The second kappa shape index (κ2) is 10.5. The van der Waals surface area contributed by atoms with Gasteiger partial charge in [0.2, 0.25) is 5.88 Å². The largest absolute Gasteiger partial charge is 0.494 e. The molecule has 0 spiro atoms. The molecule has 8 nitrogen and oxygen atoms in total. The predicted octanol–water partition coefficient (Wildman–Crippen LogP) is 7.21. The number of fused-ring (bicyclic) bond motifs is 4. The van der Waals surface area contributed by atoms with E-state index in [0.717, 1.165) is 62.3 Å². The van der Waals surface area contributed by atoms with Crippen LogP contribution in [0.3, 0.4) is 0 Å². The number of imidazole rings is 1. The number of ether oxygens (including phenoxy) is 1. The first-order valence-electron chi connectivity index (χ1n) is 13.2. The summed E-state index contributed by atoms with van der Waals surface area (Å²) in [6.45, 7) is 1.31. The number of aromatic hydroxyl groups is 1. The lowest BCUT2D eigenvalue weighted by atomic mass is 9.93. The summed E-state index contributed by atoms with van der Waals surface area (Å²) in [6, 6.07) is 21.4. The van der Waals surface area contributed by atoms with E-state index in [4.69, 9.17) is 28.6 Å². The number of nitrogens with zero attached hydrogens (tertiary/aromatic N) is 5. The molecule has 41 heavy (non-hydrogen) atoms. The number of hydrogen-bond donors (Lipinski definition) is 2. The standard InChI is InChI=1S/C30H24BrClN6O2S/c31-19-4-11-25-23(16-19)24-17-26-29(39)37(21-7-5-20(32)6-8-21)30(41)38(26)28(27(24)34-25)18-2-9-22(10-3-18)40-15-1-13-36-14-12-33-35-36/h2-12,14,16,28,34,39H,1,13,15,17H2. The van der Waals surface area contributed by atoms with Crippen molar-refractivity contribution >= 4 is 50.7 Å². The van der Waals surface area contributed by atoms with E-state index in [9.17, 15) is 5.11 Å². The number of benzene rings is 3. The molecule has 1 aliphatic heterocycles. The molecule has 11 heteroatoms. The molecule has 3 aromatic heterocycles. The second-order valence-corrected chi connectivity index (χ2v) is 11.7. The first kappa shape index (κ1) is 26.1. The molecule has 7 rings (SSSR count). The first-order chi connectivity index (χ1) is 20.0. The van der Waals surface area contributed by atoms with Gasteiger partial charge >= 0.3 is 0 Å². The van der Waals surface area contributed by atoms with Crippen molar-refractivity contribution in [2.45, 2.75) is 25.4 Å². The van der Waals surface area contributed by atoms with Crippen molar-refractivity contribution in [2.24, 2.45) is 0 Å². The minimum absolute atomic E-state index is 0.129. The van der Waals surface area contributed by atoms with E-state index in [1.54, 1.807) is 27.6 Å². The van der Waals surface area contributed by atoms with Crippen LogP contribution in [-0.2, 0) is 13.0 Å². The van der Waals surface area contributed by atoms with Gasteiger partial charge in [-0.25, -0.2) is 0 Å². The van der Waals surface area contributed by atoms with Gasteiger partial charge in [-0.05, 0) is 77.9 Å². The molecular weight excluding hydrogens is 624 g/mol. The number of nitrogens with one attached hydrogen (secondary N) is 1. The van der Waals surface area contributed by atoms with Crippen LogP contribution in [0.15, 0.2) is 83.6 Å². The molecule has 0 saturated carbocycles. The SMILES string of the molecule is Oc1c2n(c(=S)n1-c1ccc(Cl)cc1)C(c1ccc(OCCCn3ccnn3)cc1)c1[nH]c3ccc(Br)cc3c1C2. The van der Waals surface area contributed by atoms with Crippen LogP contribution >= 0.6 is 39.7 Å². The molecule has 0 fully saturated rings. The van der Waals surface area contributed by atoms with E-state index >= 15 is 0 Å². The Balaban J connectivity index is 1.28. The van der Waals surface area contributed by atoms with Crippen molar-refractivity contribution in [1.29, 1.82) is 0 Å². The summed E-state index contributed by atoms with van der Waals surface area (Å²) >= 11 is 15.8. The minimum atomic E-state index is -0.270. The van der Waals surface area contributed by atoms with Gasteiger partial charge in [0, 0.05) is 51.7 Å². The molecule has 0 aliphatic carbocycles. The molecule has 0 bridgehead atoms. The Morgan fingerprint density at radius 1 is 1.10 bits per heavy atom. The topological polar surface area (TPSA) is 85.8 Å². The first-order valence-corrected chi connectivity index (χ1v) is 14.7. The summed E-state index contributed by atoms with van der Waals surface area (Å²) < 4.78 is 13.1. The minimum Gasteiger partial charge on any atom is -0.494 e. The fourth-order valence-corrected chi connectivity index (χ4v) is 6.49. The molecule has 0 radical (unpaired) electrons. The summed E-state index contributed by atoms with van der Waals surface area (Å²) in [5.74, 6) is 0.916. The Hall–Kier alpha value is -3.86. The van der Waals surface area contributed by atoms with Crippen LogP contribution in [0.1, 0.15) is 35.0 Å². The van der Waals surface area contributed by atoms with Gasteiger partial charge in [-0.15, -0.1) is 5.10 Å². The summed E-state index contributed by atoms with van der Waals surface area (Å²) in [4.78, 5) is 3.66. The molecule has 1 atom stereocenters. The highest BCUT2D eigenvalue weighted by Gasteiger charge is 2.34. The zero-order valence-electron chi connectivity index (χ0n) is 21.7. The smallest absolute Gasteiger partial charge is 0.218 e. The molecule has 0 saturated heterocycles. The van der Waals surface area contributed by atoms with Crippen LogP contribution in [-0.4, -0.2) is 40.8 Å². The van der Waals surface area contributed by atoms with Crippen molar-refractivity contribution in [3.05, 3.63) is 116 Å². The summed E-state index contributed by atoms with van der Waals surface area (Å²) in [6.07, 6.45) is 4.86. The monoisotopic (exact) mass is 646 g/mol. The molecule has 1 unspecified atom stereocenters.